The summed E-state index contributed by atoms with van der Waals surface area (Å²) in [6.45, 7) is 0. The summed E-state index contributed by atoms with van der Waals surface area (Å²) < 4.78 is 14.7. The Morgan fingerprint density at radius 3 is 2.17 bits per heavy atom. The molecule has 2 aromatic carbocycles. The van der Waals surface area contributed by atoms with Gasteiger partial charge >= 0.3 is 11.4 Å². The number of aromatic hydroxyl groups is 1. The molecule has 6 atom stereocenters. The first-order valence-corrected chi connectivity index (χ1v) is 14.6. The molecule has 0 radical (unpaired) electrons. The van der Waals surface area contributed by atoms with E-state index in [0.29, 0.717) is 4.90 Å². The number of benzene rings is 2. The standard InChI is InChI=1S/C29H24Cl2FN5O9/c1-33(2)22-18(36(43)44)9-12(10-19(22)37(45)46)35-24(39)14-8-7-13-16(20(14)25(35)40)11-28(30)26(41)34(3)27(42)29(28,31)21(13)15-5-4-6-17(32)23(15)38/h4-7,9-10,14,16,20-21,38H,8,11H2,1-3H3/t14-,16+,20-,21+,28+,29-/m0/s1. The lowest BCUT2D eigenvalue weighted by Crippen LogP contribution is -2.60. The Morgan fingerprint density at radius 1 is 1.00 bits per heavy atom. The van der Waals surface area contributed by atoms with Crippen molar-refractivity contribution in [2.75, 3.05) is 30.9 Å². The van der Waals surface area contributed by atoms with E-state index in [1.54, 1.807) is 6.08 Å². The van der Waals surface area contributed by atoms with E-state index in [-0.39, 0.29) is 23.2 Å². The van der Waals surface area contributed by atoms with Crippen LogP contribution in [0.5, 0.6) is 5.75 Å². The molecule has 46 heavy (non-hydrogen) atoms. The summed E-state index contributed by atoms with van der Waals surface area (Å²) in [5, 5.41) is 34.7. The van der Waals surface area contributed by atoms with Crippen molar-refractivity contribution in [3.8, 4) is 5.75 Å². The first kappa shape index (κ1) is 31.4. The van der Waals surface area contributed by atoms with E-state index in [4.69, 9.17) is 23.2 Å². The number of carbonyl (C=O) groups is 4. The number of hydrogen-bond donors (Lipinski definition) is 1. The normalized spacial score (nSPS) is 30.2. The summed E-state index contributed by atoms with van der Waals surface area (Å²) in [4.78, 5) is 75.5. The molecule has 2 aliphatic carbocycles. The van der Waals surface area contributed by atoms with Gasteiger partial charge < -0.3 is 10.0 Å². The highest BCUT2D eigenvalue weighted by Gasteiger charge is 2.76. The number of anilines is 2. The van der Waals surface area contributed by atoms with E-state index in [2.05, 4.69) is 0 Å². The Labute approximate surface area is 269 Å². The van der Waals surface area contributed by atoms with Crippen LogP contribution in [-0.2, 0) is 19.2 Å². The molecule has 2 heterocycles. The van der Waals surface area contributed by atoms with Gasteiger partial charge in [0.25, 0.3) is 11.8 Å². The molecule has 6 rings (SSSR count). The van der Waals surface area contributed by atoms with Gasteiger partial charge in [0.05, 0.1) is 27.4 Å². The van der Waals surface area contributed by atoms with Gasteiger partial charge in [-0.3, -0.25) is 44.3 Å². The van der Waals surface area contributed by atoms with Crippen LogP contribution in [0.15, 0.2) is 42.0 Å². The van der Waals surface area contributed by atoms with Crippen molar-refractivity contribution in [2.24, 2.45) is 17.8 Å². The minimum atomic E-state index is -2.25. The molecular weight excluding hydrogens is 652 g/mol. The van der Waals surface area contributed by atoms with E-state index in [1.165, 1.54) is 38.2 Å². The summed E-state index contributed by atoms with van der Waals surface area (Å²) in [5.41, 5.74) is -2.07. The van der Waals surface area contributed by atoms with Crippen molar-refractivity contribution in [1.82, 2.24) is 4.90 Å². The van der Waals surface area contributed by atoms with Crippen molar-refractivity contribution in [3.05, 3.63) is 73.6 Å². The van der Waals surface area contributed by atoms with Gasteiger partial charge in [0.15, 0.2) is 27.0 Å². The minimum absolute atomic E-state index is 0.107. The predicted octanol–water partition coefficient (Wildman–Crippen LogP) is 3.61. The molecule has 14 nitrogen and oxygen atoms in total. The number of likely N-dealkylation sites (tertiary alicyclic amines) is 1. The number of halogens is 3. The van der Waals surface area contributed by atoms with Crippen LogP contribution in [-0.4, -0.2) is 74.4 Å². The zero-order valence-corrected chi connectivity index (χ0v) is 25.8. The zero-order chi connectivity index (χ0) is 33.8. The van der Waals surface area contributed by atoms with Gasteiger partial charge in [0, 0.05) is 44.8 Å². The average molecular weight is 676 g/mol. The molecule has 4 amide bonds. The molecular formula is C29H24Cl2FN5O9. The average Bonchev–Trinajstić information content (AvgIpc) is 3.32. The Hall–Kier alpha value is -4.63. The second-order valence-corrected chi connectivity index (χ2v) is 13.2. The summed E-state index contributed by atoms with van der Waals surface area (Å²) in [7, 11) is 3.90. The van der Waals surface area contributed by atoms with Gasteiger partial charge in [-0.05, 0) is 24.8 Å². The monoisotopic (exact) mass is 675 g/mol. The van der Waals surface area contributed by atoms with E-state index >= 15 is 0 Å². The number of nitro benzene ring substituents is 2. The Balaban J connectivity index is 1.52. The van der Waals surface area contributed by atoms with Crippen LogP contribution in [0.2, 0.25) is 0 Å². The highest BCUT2D eigenvalue weighted by Crippen LogP contribution is 2.66. The lowest BCUT2D eigenvalue weighted by molar-refractivity contribution is -0.392. The molecule has 4 aliphatic rings. The van der Waals surface area contributed by atoms with Crippen LogP contribution in [0, 0.1) is 43.8 Å². The first-order chi connectivity index (χ1) is 21.5. The van der Waals surface area contributed by atoms with Gasteiger partial charge in [0.1, 0.15) is 0 Å². The summed E-state index contributed by atoms with van der Waals surface area (Å²) >= 11 is 14.0. The molecule has 1 N–H and O–H groups in total. The van der Waals surface area contributed by atoms with Crippen LogP contribution in [0.3, 0.4) is 0 Å². The van der Waals surface area contributed by atoms with Crippen molar-refractivity contribution in [3.63, 3.8) is 0 Å². The van der Waals surface area contributed by atoms with Gasteiger partial charge in [-0.15, -0.1) is 23.2 Å². The topological polar surface area (TPSA) is 185 Å². The molecule has 1 saturated carbocycles. The molecule has 240 valence electrons. The molecule has 0 aromatic heterocycles. The van der Waals surface area contributed by atoms with Gasteiger partial charge in [0.2, 0.25) is 11.8 Å². The maximum Gasteiger partial charge on any atom is 0.301 e. The Bertz CT molecular complexity index is 1820. The van der Waals surface area contributed by atoms with Crippen molar-refractivity contribution in [1.29, 1.82) is 0 Å². The molecule has 3 fully saturated rings. The minimum Gasteiger partial charge on any atom is -0.505 e. The second kappa shape index (κ2) is 10.2. The number of imide groups is 2. The van der Waals surface area contributed by atoms with Gasteiger partial charge in [-0.25, -0.2) is 9.29 Å². The number of nitro groups is 2. The van der Waals surface area contributed by atoms with E-state index in [0.717, 1.165) is 23.1 Å². The van der Waals surface area contributed by atoms with Crippen LogP contribution >= 0.6 is 23.2 Å². The molecule has 17 heteroatoms. The van der Waals surface area contributed by atoms with Crippen molar-refractivity contribution >= 4 is 69.6 Å². The molecule has 2 aromatic rings. The number of fused-ring (bicyclic) bond motifs is 4. The molecule has 0 bridgehead atoms. The summed E-state index contributed by atoms with van der Waals surface area (Å²) in [6.07, 6.45) is 1.04. The number of allylic oxidation sites excluding steroid dienone is 2. The number of alkyl halides is 2. The lowest BCUT2D eigenvalue weighted by atomic mass is 9.56. The number of rotatable bonds is 5. The Kier molecular flexibility index (Phi) is 6.94. The summed E-state index contributed by atoms with van der Waals surface area (Å²) in [6, 6.07) is 5.36. The second-order valence-electron chi connectivity index (χ2n) is 11.9. The van der Waals surface area contributed by atoms with E-state index in [1.807, 2.05) is 0 Å². The fraction of sp³-hybridized carbons (Fsp3) is 0.379. The lowest BCUT2D eigenvalue weighted by Gasteiger charge is -2.50. The van der Waals surface area contributed by atoms with E-state index in [9.17, 15) is 48.9 Å². The largest absolute Gasteiger partial charge is 0.505 e. The third kappa shape index (κ3) is 3.87. The zero-order valence-electron chi connectivity index (χ0n) is 24.3. The molecule has 0 spiro atoms. The molecule has 2 aliphatic heterocycles. The number of hydrogen-bond acceptors (Lipinski definition) is 10. The van der Waals surface area contributed by atoms with Crippen molar-refractivity contribution < 1.29 is 38.5 Å². The molecule has 2 saturated heterocycles. The fourth-order valence-corrected chi connectivity index (χ4v) is 8.58. The highest BCUT2D eigenvalue weighted by atomic mass is 35.5. The number of nitrogens with zero attached hydrogens (tertiary/aromatic N) is 5. The van der Waals surface area contributed by atoms with E-state index < -0.39 is 102 Å². The smallest absolute Gasteiger partial charge is 0.301 e. The van der Waals surface area contributed by atoms with Crippen LogP contribution in [0.1, 0.15) is 24.3 Å². The summed E-state index contributed by atoms with van der Waals surface area (Å²) in [5.74, 6) is -10.1. The maximum absolute atomic E-state index is 14.7. The van der Waals surface area contributed by atoms with Crippen LogP contribution in [0.25, 0.3) is 0 Å². The Morgan fingerprint density at radius 2 is 1.61 bits per heavy atom. The predicted molar refractivity (Wildman–Crippen MR) is 160 cm³/mol. The van der Waals surface area contributed by atoms with Gasteiger partial charge in [-0.1, -0.05) is 23.8 Å². The number of para-hydroxylation sites is 1. The van der Waals surface area contributed by atoms with Crippen LogP contribution < -0.4 is 9.80 Å². The van der Waals surface area contributed by atoms with Gasteiger partial charge in [-0.2, -0.15) is 0 Å². The highest BCUT2D eigenvalue weighted by molar-refractivity contribution is 6.53. The van der Waals surface area contributed by atoms with Crippen LogP contribution in [0.4, 0.5) is 27.1 Å². The number of phenols is 1. The maximum atomic E-state index is 14.7. The third-order valence-corrected chi connectivity index (χ3v) is 10.9. The first-order valence-electron chi connectivity index (χ1n) is 13.9. The number of carbonyl (C=O) groups excluding carboxylic acids is 4. The third-order valence-electron chi connectivity index (χ3n) is 9.50. The van der Waals surface area contributed by atoms with Crippen molar-refractivity contribution in [2.45, 2.75) is 28.5 Å². The quantitative estimate of drug-likeness (QED) is 0.161. The SMILES string of the molecule is CN1C(=O)[C@]2(Cl)C[C@@H]3C(=CC[C@@H]4C(=O)N(c5cc([N+](=O)[O-])c(N(C)C)c([N+](=O)[O-])c5)C(=O)[C@@H]43)[C@H](c3cccc(F)c3O)[C@]2(Cl)C1=O. The number of phenolic OH excluding ortho intramolecular Hbond substituents is 1. The fourth-order valence-electron chi connectivity index (χ4n) is 7.56. The molecule has 0 unspecified atom stereocenters. The number of amides is 4.